The Hall–Kier alpha value is -2.93. The number of rotatable bonds is 5. The van der Waals surface area contributed by atoms with E-state index in [1.807, 2.05) is 26.0 Å². The average molecular weight is 371 g/mol. The van der Waals surface area contributed by atoms with Crippen molar-refractivity contribution in [3.05, 3.63) is 65.2 Å². The molecule has 2 rings (SSSR count). The second-order valence-electron chi connectivity index (χ2n) is 5.52. The highest BCUT2D eigenvalue weighted by atomic mass is 32.1. The molecule has 0 aromatic heterocycles. The van der Waals surface area contributed by atoms with Crippen molar-refractivity contribution < 1.29 is 14.3 Å². The molecular formula is C19H21N3O3S. The second kappa shape index (κ2) is 9.53. The van der Waals surface area contributed by atoms with Gasteiger partial charge in [0.05, 0.1) is 12.2 Å². The molecule has 2 aromatic carbocycles. The summed E-state index contributed by atoms with van der Waals surface area (Å²) in [5.74, 6) is -0.274. The number of hydrogen-bond donors (Lipinski definition) is 3. The van der Waals surface area contributed by atoms with Crippen LogP contribution in [0, 0.1) is 6.92 Å². The molecule has 0 heterocycles. The molecule has 0 unspecified atom stereocenters. The Morgan fingerprint density at radius 1 is 0.962 bits per heavy atom. The molecule has 0 saturated carbocycles. The van der Waals surface area contributed by atoms with Gasteiger partial charge in [0, 0.05) is 5.56 Å². The van der Waals surface area contributed by atoms with Crippen molar-refractivity contribution in [1.82, 2.24) is 16.2 Å². The Bertz CT molecular complexity index is 808. The average Bonchev–Trinajstić information content (AvgIpc) is 2.65. The third-order valence-corrected chi connectivity index (χ3v) is 3.70. The van der Waals surface area contributed by atoms with Gasteiger partial charge >= 0.3 is 0 Å². The third kappa shape index (κ3) is 5.29. The zero-order valence-electron chi connectivity index (χ0n) is 14.7. The fourth-order valence-corrected chi connectivity index (χ4v) is 2.35. The first kappa shape index (κ1) is 19.4. The molecule has 0 fully saturated rings. The number of para-hydroxylation sites is 1. The molecule has 7 heteroatoms. The SMILES string of the molecule is CCCOc1ccccc1C(=O)NC(=S)NNC(=O)c1ccccc1C. The zero-order chi connectivity index (χ0) is 18.9. The molecule has 6 nitrogen and oxygen atoms in total. The van der Waals surface area contributed by atoms with Gasteiger partial charge in [-0.05, 0) is 49.3 Å². The van der Waals surface area contributed by atoms with Gasteiger partial charge in [0.25, 0.3) is 11.8 Å². The van der Waals surface area contributed by atoms with Gasteiger partial charge in [0.2, 0.25) is 0 Å². The number of nitrogens with one attached hydrogen (secondary N) is 3. The maximum atomic E-state index is 12.4. The van der Waals surface area contributed by atoms with Crippen molar-refractivity contribution in [2.24, 2.45) is 0 Å². The van der Waals surface area contributed by atoms with Crippen LogP contribution in [-0.2, 0) is 0 Å². The number of carbonyl (C=O) groups is 2. The second-order valence-corrected chi connectivity index (χ2v) is 5.93. The largest absolute Gasteiger partial charge is 0.493 e. The highest BCUT2D eigenvalue weighted by Gasteiger charge is 2.14. The van der Waals surface area contributed by atoms with Crippen LogP contribution < -0.4 is 20.9 Å². The van der Waals surface area contributed by atoms with Crippen molar-refractivity contribution in [1.29, 1.82) is 0 Å². The van der Waals surface area contributed by atoms with E-state index < -0.39 is 5.91 Å². The molecule has 0 spiro atoms. The fourth-order valence-electron chi connectivity index (χ4n) is 2.20. The van der Waals surface area contributed by atoms with Gasteiger partial charge in [-0.2, -0.15) is 0 Å². The van der Waals surface area contributed by atoms with E-state index in [-0.39, 0.29) is 11.0 Å². The summed E-state index contributed by atoms with van der Waals surface area (Å²) in [7, 11) is 0. The Morgan fingerprint density at radius 2 is 1.62 bits per heavy atom. The third-order valence-electron chi connectivity index (χ3n) is 3.50. The van der Waals surface area contributed by atoms with Crippen LogP contribution in [-0.4, -0.2) is 23.5 Å². The smallest absolute Gasteiger partial charge is 0.269 e. The molecule has 0 saturated heterocycles. The van der Waals surface area contributed by atoms with E-state index in [0.29, 0.717) is 23.5 Å². The minimum Gasteiger partial charge on any atom is -0.493 e. The highest BCUT2D eigenvalue weighted by molar-refractivity contribution is 7.80. The first-order valence-corrected chi connectivity index (χ1v) is 8.63. The van der Waals surface area contributed by atoms with Gasteiger partial charge in [0.15, 0.2) is 5.11 Å². The summed E-state index contributed by atoms with van der Waals surface area (Å²) < 4.78 is 5.56. The predicted molar refractivity (Wildman–Crippen MR) is 104 cm³/mol. The lowest BCUT2D eigenvalue weighted by Crippen LogP contribution is -2.48. The highest BCUT2D eigenvalue weighted by Crippen LogP contribution is 2.17. The van der Waals surface area contributed by atoms with E-state index in [4.69, 9.17) is 17.0 Å². The summed E-state index contributed by atoms with van der Waals surface area (Å²) in [5.41, 5.74) is 6.73. The van der Waals surface area contributed by atoms with Crippen molar-refractivity contribution >= 4 is 29.1 Å². The summed E-state index contributed by atoms with van der Waals surface area (Å²) in [4.78, 5) is 24.5. The Morgan fingerprint density at radius 3 is 2.31 bits per heavy atom. The molecule has 3 N–H and O–H groups in total. The lowest BCUT2D eigenvalue weighted by atomic mass is 10.1. The summed E-state index contributed by atoms with van der Waals surface area (Å²) in [6.45, 7) is 4.33. The number of thiocarbonyl (C=S) groups is 1. The number of hydrogen-bond acceptors (Lipinski definition) is 4. The van der Waals surface area contributed by atoms with Crippen LogP contribution in [0.3, 0.4) is 0 Å². The van der Waals surface area contributed by atoms with Crippen molar-refractivity contribution in [3.63, 3.8) is 0 Å². The van der Waals surface area contributed by atoms with E-state index >= 15 is 0 Å². The first-order chi connectivity index (χ1) is 12.5. The van der Waals surface area contributed by atoms with Gasteiger partial charge in [-0.3, -0.25) is 25.8 Å². The van der Waals surface area contributed by atoms with E-state index in [0.717, 1.165) is 12.0 Å². The zero-order valence-corrected chi connectivity index (χ0v) is 15.5. The Balaban J connectivity index is 1.93. The standard InChI is InChI=1S/C19H21N3O3S/c1-3-12-25-16-11-7-6-10-15(16)17(23)20-19(26)22-21-18(24)14-9-5-4-8-13(14)2/h4-11H,3,12H2,1-2H3,(H,21,24)(H2,20,22,23,26). The summed E-state index contributed by atoms with van der Waals surface area (Å²) in [5, 5.41) is 2.51. The molecule has 0 aliphatic rings. The molecule has 0 atom stereocenters. The molecule has 136 valence electrons. The lowest BCUT2D eigenvalue weighted by Gasteiger charge is -2.13. The van der Waals surface area contributed by atoms with Gasteiger partial charge in [-0.25, -0.2) is 0 Å². The lowest BCUT2D eigenvalue weighted by molar-refractivity contribution is 0.0933. The number of amides is 2. The van der Waals surface area contributed by atoms with Crippen LogP contribution in [0.25, 0.3) is 0 Å². The summed E-state index contributed by atoms with van der Waals surface area (Å²) in [6.07, 6.45) is 0.834. The first-order valence-electron chi connectivity index (χ1n) is 8.22. The summed E-state index contributed by atoms with van der Waals surface area (Å²) in [6, 6.07) is 14.1. The van der Waals surface area contributed by atoms with Gasteiger partial charge in [-0.15, -0.1) is 0 Å². The normalized spacial score (nSPS) is 9.92. The minimum atomic E-state index is -0.417. The van der Waals surface area contributed by atoms with E-state index in [1.54, 1.807) is 36.4 Å². The minimum absolute atomic E-state index is 0.0118. The van der Waals surface area contributed by atoms with Crippen molar-refractivity contribution in [2.75, 3.05) is 6.61 Å². The molecule has 2 aromatic rings. The maximum Gasteiger partial charge on any atom is 0.269 e. The number of benzene rings is 2. The number of ether oxygens (including phenoxy) is 1. The summed E-state index contributed by atoms with van der Waals surface area (Å²) >= 11 is 5.06. The van der Waals surface area contributed by atoms with Gasteiger partial charge in [-0.1, -0.05) is 37.3 Å². The number of carbonyl (C=O) groups excluding carboxylic acids is 2. The van der Waals surface area contributed by atoms with Crippen LogP contribution in [0.4, 0.5) is 0 Å². The predicted octanol–water partition coefficient (Wildman–Crippen LogP) is 2.73. The van der Waals surface area contributed by atoms with E-state index in [2.05, 4.69) is 16.2 Å². The van der Waals surface area contributed by atoms with E-state index in [9.17, 15) is 9.59 Å². The van der Waals surface area contributed by atoms with Crippen molar-refractivity contribution in [2.45, 2.75) is 20.3 Å². The van der Waals surface area contributed by atoms with Crippen molar-refractivity contribution in [3.8, 4) is 5.75 Å². The number of hydrazine groups is 1. The van der Waals surface area contributed by atoms with Crippen LogP contribution in [0.15, 0.2) is 48.5 Å². The molecule has 0 aliphatic heterocycles. The molecule has 0 bridgehead atoms. The monoisotopic (exact) mass is 371 g/mol. The Kier molecular flexibility index (Phi) is 7.11. The fraction of sp³-hybridized carbons (Fsp3) is 0.211. The molecule has 26 heavy (non-hydrogen) atoms. The Labute approximate surface area is 157 Å². The molecule has 0 aliphatic carbocycles. The van der Waals surface area contributed by atoms with Crippen LogP contribution >= 0.6 is 12.2 Å². The van der Waals surface area contributed by atoms with E-state index in [1.165, 1.54) is 0 Å². The maximum absolute atomic E-state index is 12.4. The van der Waals surface area contributed by atoms with Gasteiger partial charge < -0.3 is 4.74 Å². The quantitative estimate of drug-likeness (QED) is 0.556. The van der Waals surface area contributed by atoms with Crippen LogP contribution in [0.2, 0.25) is 0 Å². The van der Waals surface area contributed by atoms with Crippen LogP contribution in [0.1, 0.15) is 39.6 Å². The number of aryl methyl sites for hydroxylation is 1. The topological polar surface area (TPSA) is 79.5 Å². The molecule has 2 amide bonds. The van der Waals surface area contributed by atoms with Gasteiger partial charge in [0.1, 0.15) is 5.75 Å². The molecule has 0 radical (unpaired) electrons. The van der Waals surface area contributed by atoms with Crippen LogP contribution in [0.5, 0.6) is 5.75 Å². The molecular weight excluding hydrogens is 350 g/mol.